The fourth-order valence-electron chi connectivity index (χ4n) is 4.59. The zero-order valence-electron chi connectivity index (χ0n) is 20.1. The predicted octanol–water partition coefficient (Wildman–Crippen LogP) is 4.95. The molecule has 0 bridgehead atoms. The highest BCUT2D eigenvalue weighted by Gasteiger charge is 2.37. The van der Waals surface area contributed by atoms with Gasteiger partial charge in [0.2, 0.25) is 5.91 Å². The SMILES string of the molecule is Cc1noc(C)c1COC1CC(C(=O)NCc2nc3ccccc3[nH]2)N(Cc2ccc(Cl)cc2Cl)C1. The summed E-state index contributed by atoms with van der Waals surface area (Å²) in [6, 6.07) is 12.8. The van der Waals surface area contributed by atoms with Gasteiger partial charge in [0.05, 0.1) is 42.0 Å². The number of aromatic amines is 1. The van der Waals surface area contributed by atoms with Crippen LogP contribution in [0.1, 0.15) is 34.8 Å². The summed E-state index contributed by atoms with van der Waals surface area (Å²) in [7, 11) is 0. The summed E-state index contributed by atoms with van der Waals surface area (Å²) in [6.07, 6.45) is 0.423. The van der Waals surface area contributed by atoms with Crippen LogP contribution in [0.4, 0.5) is 0 Å². The van der Waals surface area contributed by atoms with Crippen molar-refractivity contribution < 1.29 is 14.1 Å². The number of hydrogen-bond acceptors (Lipinski definition) is 6. The number of benzene rings is 2. The van der Waals surface area contributed by atoms with E-state index in [0.29, 0.717) is 48.5 Å². The molecule has 1 saturated heterocycles. The van der Waals surface area contributed by atoms with Crippen LogP contribution in [0.3, 0.4) is 0 Å². The molecule has 1 fully saturated rings. The van der Waals surface area contributed by atoms with Gasteiger partial charge in [0.15, 0.2) is 0 Å². The molecule has 5 rings (SSSR count). The number of hydrogen-bond donors (Lipinski definition) is 2. The van der Waals surface area contributed by atoms with Gasteiger partial charge in [0.1, 0.15) is 11.6 Å². The van der Waals surface area contributed by atoms with Crippen molar-refractivity contribution in [3.8, 4) is 0 Å². The molecule has 1 aliphatic rings. The Bertz CT molecular complexity index is 1330. The lowest BCUT2D eigenvalue weighted by Crippen LogP contribution is -2.42. The molecule has 2 N–H and O–H groups in total. The van der Waals surface area contributed by atoms with Crippen LogP contribution in [0.5, 0.6) is 0 Å². The lowest BCUT2D eigenvalue weighted by molar-refractivity contribution is -0.125. The summed E-state index contributed by atoms with van der Waals surface area (Å²) >= 11 is 12.5. The van der Waals surface area contributed by atoms with Gasteiger partial charge >= 0.3 is 0 Å². The number of carbonyl (C=O) groups excluding carboxylic acids is 1. The summed E-state index contributed by atoms with van der Waals surface area (Å²) < 4.78 is 11.5. The standard InChI is InChI=1S/C26H27Cl2N5O3/c1-15-20(16(2)36-32-15)14-35-19-10-24(33(13-19)12-17-7-8-18(27)9-21(17)28)26(34)29-11-25-30-22-5-3-4-6-23(22)31-25/h3-9,19,24H,10-14H2,1-2H3,(H,29,34)(H,30,31). The van der Waals surface area contributed by atoms with Crippen LogP contribution in [0.25, 0.3) is 11.0 Å². The molecule has 0 radical (unpaired) electrons. The van der Waals surface area contributed by atoms with E-state index in [4.69, 9.17) is 32.5 Å². The molecule has 188 valence electrons. The molecule has 3 heterocycles. The second-order valence-electron chi connectivity index (χ2n) is 9.07. The Morgan fingerprint density at radius 2 is 2.08 bits per heavy atom. The van der Waals surface area contributed by atoms with E-state index in [-0.39, 0.29) is 18.1 Å². The van der Waals surface area contributed by atoms with Gasteiger partial charge in [-0.1, -0.05) is 46.6 Å². The minimum absolute atomic E-state index is 0.0796. The quantitative estimate of drug-likeness (QED) is 0.336. The molecule has 2 aromatic carbocycles. The Hall–Kier alpha value is -2.91. The molecule has 0 spiro atoms. The van der Waals surface area contributed by atoms with E-state index in [1.807, 2.05) is 44.2 Å². The summed E-state index contributed by atoms with van der Waals surface area (Å²) in [5, 5.41) is 8.19. The number of nitrogens with one attached hydrogen (secondary N) is 2. The number of fused-ring (bicyclic) bond motifs is 1. The summed E-state index contributed by atoms with van der Waals surface area (Å²) in [5.41, 5.74) is 4.47. The van der Waals surface area contributed by atoms with Crippen molar-refractivity contribution in [1.29, 1.82) is 0 Å². The van der Waals surface area contributed by atoms with E-state index in [1.165, 1.54) is 0 Å². The average Bonchev–Trinajstić information content (AvgIpc) is 3.55. The predicted molar refractivity (Wildman–Crippen MR) is 138 cm³/mol. The van der Waals surface area contributed by atoms with Crippen molar-refractivity contribution in [3.63, 3.8) is 0 Å². The van der Waals surface area contributed by atoms with Gasteiger partial charge in [-0.3, -0.25) is 9.69 Å². The van der Waals surface area contributed by atoms with Crippen LogP contribution < -0.4 is 5.32 Å². The smallest absolute Gasteiger partial charge is 0.237 e. The maximum Gasteiger partial charge on any atom is 0.237 e. The first-order valence-corrected chi connectivity index (χ1v) is 12.6. The summed E-state index contributed by atoms with van der Waals surface area (Å²) in [5.74, 6) is 1.38. The van der Waals surface area contributed by atoms with Gasteiger partial charge in [-0.05, 0) is 50.1 Å². The first kappa shape index (κ1) is 24.8. The van der Waals surface area contributed by atoms with Crippen LogP contribution in [0, 0.1) is 13.8 Å². The highest BCUT2D eigenvalue weighted by atomic mass is 35.5. The lowest BCUT2D eigenvalue weighted by atomic mass is 10.1. The fourth-order valence-corrected chi connectivity index (χ4v) is 5.05. The van der Waals surface area contributed by atoms with Crippen molar-refractivity contribution in [1.82, 2.24) is 25.3 Å². The van der Waals surface area contributed by atoms with Crippen molar-refractivity contribution in [2.75, 3.05) is 6.54 Å². The maximum absolute atomic E-state index is 13.3. The van der Waals surface area contributed by atoms with E-state index in [1.54, 1.807) is 12.1 Å². The van der Waals surface area contributed by atoms with Crippen molar-refractivity contribution >= 4 is 40.1 Å². The van der Waals surface area contributed by atoms with Gasteiger partial charge in [0, 0.05) is 28.7 Å². The second kappa shape index (κ2) is 10.6. The average molecular weight is 528 g/mol. The topological polar surface area (TPSA) is 96.3 Å². The molecular weight excluding hydrogens is 501 g/mol. The first-order valence-electron chi connectivity index (χ1n) is 11.8. The van der Waals surface area contributed by atoms with Crippen molar-refractivity contribution in [3.05, 3.63) is 80.9 Å². The van der Waals surface area contributed by atoms with Crippen LogP contribution in [0.15, 0.2) is 47.0 Å². The normalized spacial score (nSPS) is 18.2. The highest BCUT2D eigenvalue weighted by Crippen LogP contribution is 2.28. The third-order valence-electron chi connectivity index (χ3n) is 6.57. The molecule has 1 aliphatic heterocycles. The molecule has 0 aliphatic carbocycles. The fraction of sp³-hybridized carbons (Fsp3) is 0.346. The van der Waals surface area contributed by atoms with Gasteiger partial charge in [-0.2, -0.15) is 0 Å². The number of ether oxygens (including phenoxy) is 1. The Kier molecular flexibility index (Phi) is 7.29. The number of H-pyrrole nitrogens is 1. The van der Waals surface area contributed by atoms with Crippen LogP contribution >= 0.6 is 23.2 Å². The zero-order chi connectivity index (χ0) is 25.2. The zero-order valence-corrected chi connectivity index (χ0v) is 21.6. The Labute approximate surface area is 218 Å². The minimum Gasteiger partial charge on any atom is -0.372 e. The minimum atomic E-state index is -0.379. The Morgan fingerprint density at radius 1 is 1.25 bits per heavy atom. The van der Waals surface area contributed by atoms with Crippen molar-refractivity contribution in [2.45, 2.75) is 52.1 Å². The number of amides is 1. The largest absolute Gasteiger partial charge is 0.372 e. The third-order valence-corrected chi connectivity index (χ3v) is 7.16. The van der Waals surface area contributed by atoms with Gasteiger partial charge in [-0.25, -0.2) is 4.98 Å². The molecule has 4 aromatic rings. The number of aromatic nitrogens is 3. The molecule has 2 unspecified atom stereocenters. The molecule has 2 atom stereocenters. The van der Waals surface area contributed by atoms with Crippen LogP contribution in [-0.4, -0.2) is 44.6 Å². The molecule has 36 heavy (non-hydrogen) atoms. The second-order valence-corrected chi connectivity index (χ2v) is 9.91. The highest BCUT2D eigenvalue weighted by molar-refractivity contribution is 6.35. The van der Waals surface area contributed by atoms with E-state index in [0.717, 1.165) is 33.6 Å². The maximum atomic E-state index is 13.3. The van der Waals surface area contributed by atoms with Gasteiger partial charge < -0.3 is 19.6 Å². The number of halogens is 2. The number of nitrogens with zero attached hydrogens (tertiary/aromatic N) is 3. The number of para-hydroxylation sites is 2. The Balaban J connectivity index is 1.29. The monoisotopic (exact) mass is 527 g/mol. The molecular formula is C26H27Cl2N5O3. The van der Waals surface area contributed by atoms with E-state index >= 15 is 0 Å². The number of imidazole rings is 1. The van der Waals surface area contributed by atoms with Gasteiger partial charge in [0.25, 0.3) is 0 Å². The number of likely N-dealkylation sites (tertiary alicyclic amines) is 1. The number of rotatable bonds is 8. The van der Waals surface area contributed by atoms with Crippen LogP contribution in [-0.2, 0) is 29.2 Å². The van der Waals surface area contributed by atoms with Gasteiger partial charge in [-0.15, -0.1) is 0 Å². The van der Waals surface area contributed by atoms with Crippen LogP contribution in [0.2, 0.25) is 10.0 Å². The third kappa shape index (κ3) is 5.42. The number of carbonyl (C=O) groups is 1. The molecule has 0 saturated carbocycles. The molecule has 2 aromatic heterocycles. The summed E-state index contributed by atoms with van der Waals surface area (Å²) in [6.45, 7) is 5.55. The summed E-state index contributed by atoms with van der Waals surface area (Å²) in [4.78, 5) is 23.2. The molecule has 8 nitrogen and oxygen atoms in total. The number of aryl methyl sites for hydroxylation is 2. The molecule has 1 amide bonds. The lowest BCUT2D eigenvalue weighted by Gasteiger charge is -2.23. The van der Waals surface area contributed by atoms with E-state index in [9.17, 15) is 4.79 Å². The Morgan fingerprint density at radius 3 is 2.83 bits per heavy atom. The van der Waals surface area contributed by atoms with E-state index < -0.39 is 0 Å². The first-order chi connectivity index (χ1) is 17.4. The van der Waals surface area contributed by atoms with Crippen molar-refractivity contribution in [2.24, 2.45) is 0 Å². The van der Waals surface area contributed by atoms with E-state index in [2.05, 4.69) is 25.3 Å². The molecule has 10 heteroatoms.